The molecule has 1 aliphatic carbocycles. The van der Waals surface area contributed by atoms with Crippen LogP contribution in [0.4, 0.5) is 5.82 Å². The van der Waals surface area contributed by atoms with Gasteiger partial charge in [-0.2, -0.15) is 0 Å². The minimum absolute atomic E-state index is 0.256. The fraction of sp³-hybridized carbons (Fsp3) is 0.286. The van der Waals surface area contributed by atoms with Gasteiger partial charge >= 0.3 is 0 Å². The molecule has 1 unspecified atom stereocenters. The van der Waals surface area contributed by atoms with Crippen molar-refractivity contribution in [2.24, 2.45) is 0 Å². The number of aliphatic hydroxyl groups excluding tert-OH is 3. The van der Waals surface area contributed by atoms with Crippen LogP contribution in [0.25, 0.3) is 11.0 Å². The number of anilines is 1. The van der Waals surface area contributed by atoms with Gasteiger partial charge in [0.15, 0.2) is 0 Å². The molecule has 0 radical (unpaired) electrons. The molecular weight excluding hydrogens is 272 g/mol. The molecule has 21 heavy (non-hydrogen) atoms. The van der Waals surface area contributed by atoms with E-state index in [1.54, 1.807) is 16.8 Å². The number of nitrogens with two attached hydrogens (primary N) is 1. The summed E-state index contributed by atoms with van der Waals surface area (Å²) in [5.74, 6) is 2.77. The van der Waals surface area contributed by atoms with Gasteiger partial charge in [-0.05, 0) is 5.57 Å². The maximum Gasteiger partial charge on any atom is 0.147 e. The molecule has 0 aromatic carbocycles. The number of fused-ring (bicyclic) bond motifs is 1. The van der Waals surface area contributed by atoms with Gasteiger partial charge in [-0.1, -0.05) is 12.0 Å². The molecule has 0 saturated heterocycles. The van der Waals surface area contributed by atoms with Crippen molar-refractivity contribution >= 4 is 16.9 Å². The summed E-state index contributed by atoms with van der Waals surface area (Å²) in [6, 6.07) is -0.582. The van der Waals surface area contributed by atoms with Crippen molar-refractivity contribution in [1.29, 1.82) is 0 Å². The Kier molecular flexibility index (Phi) is 3.14. The zero-order valence-corrected chi connectivity index (χ0v) is 11.0. The number of nitrogens with zero attached hydrogens (tertiary/aromatic N) is 3. The Morgan fingerprint density at radius 2 is 2.14 bits per heavy atom. The Hall–Kier alpha value is -2.40. The van der Waals surface area contributed by atoms with Gasteiger partial charge in [-0.15, -0.1) is 6.42 Å². The first-order valence-electron chi connectivity index (χ1n) is 6.33. The molecule has 7 nitrogen and oxygen atoms in total. The van der Waals surface area contributed by atoms with Crippen molar-refractivity contribution in [3.05, 3.63) is 29.7 Å². The highest BCUT2D eigenvalue weighted by molar-refractivity contribution is 5.92. The van der Waals surface area contributed by atoms with Gasteiger partial charge < -0.3 is 25.6 Å². The van der Waals surface area contributed by atoms with Crippen LogP contribution >= 0.6 is 0 Å². The van der Waals surface area contributed by atoms with Crippen LogP contribution < -0.4 is 5.73 Å². The standard InChI is InChI=1S/C14H14N4O3/c1-2-7-4-18(14-10(7)13(15)16-6-17-14)9-3-8(5-19)11(20)12(9)21/h1,3-4,6,9,11-12,19-21H,5H2,(H2,15,16,17)/t9-,11+,12?/m1/s1. The summed E-state index contributed by atoms with van der Waals surface area (Å²) >= 11 is 0. The van der Waals surface area contributed by atoms with Gasteiger partial charge in [0.2, 0.25) is 0 Å². The molecule has 2 heterocycles. The summed E-state index contributed by atoms with van der Waals surface area (Å²) in [7, 11) is 0. The summed E-state index contributed by atoms with van der Waals surface area (Å²) in [5, 5.41) is 29.8. The van der Waals surface area contributed by atoms with Crippen LogP contribution in [0.1, 0.15) is 11.6 Å². The summed E-state index contributed by atoms with van der Waals surface area (Å²) in [6.45, 7) is -0.326. The summed E-state index contributed by atoms with van der Waals surface area (Å²) in [4.78, 5) is 8.07. The molecule has 7 heteroatoms. The van der Waals surface area contributed by atoms with Crippen LogP contribution in [-0.4, -0.2) is 48.7 Å². The largest absolute Gasteiger partial charge is 0.392 e. The van der Waals surface area contributed by atoms with Crippen molar-refractivity contribution in [3.8, 4) is 12.3 Å². The number of aliphatic hydroxyl groups is 3. The Labute approximate surface area is 120 Å². The van der Waals surface area contributed by atoms with Crippen molar-refractivity contribution in [1.82, 2.24) is 14.5 Å². The van der Waals surface area contributed by atoms with E-state index in [1.165, 1.54) is 6.33 Å². The molecule has 0 fully saturated rings. The SMILES string of the molecule is C#Cc1cn([C@@H]2C=C(CO)[C@H](O)C2O)c2ncnc(N)c12. The number of hydrogen-bond acceptors (Lipinski definition) is 6. The van der Waals surface area contributed by atoms with Crippen LogP contribution in [0.2, 0.25) is 0 Å². The normalized spacial score (nSPS) is 25.0. The first-order chi connectivity index (χ1) is 10.1. The van der Waals surface area contributed by atoms with E-state index < -0.39 is 18.2 Å². The molecule has 2 aromatic rings. The second-order valence-corrected chi connectivity index (χ2v) is 4.88. The first kappa shape index (κ1) is 13.6. The van der Waals surface area contributed by atoms with E-state index in [1.807, 2.05) is 0 Å². The molecule has 2 aromatic heterocycles. The monoisotopic (exact) mass is 286 g/mol. The number of rotatable bonds is 2. The molecule has 3 rings (SSSR count). The molecule has 0 saturated carbocycles. The molecule has 0 amide bonds. The van der Waals surface area contributed by atoms with Crippen molar-refractivity contribution in [2.45, 2.75) is 18.2 Å². The summed E-state index contributed by atoms with van der Waals surface area (Å²) in [6.07, 6.45) is 7.80. The number of hydrogen-bond donors (Lipinski definition) is 4. The van der Waals surface area contributed by atoms with Gasteiger partial charge in [0.1, 0.15) is 30.0 Å². The van der Waals surface area contributed by atoms with Crippen LogP contribution in [0.15, 0.2) is 24.2 Å². The predicted molar refractivity (Wildman–Crippen MR) is 76.1 cm³/mol. The quantitative estimate of drug-likeness (QED) is 0.424. The third kappa shape index (κ3) is 1.89. The van der Waals surface area contributed by atoms with Gasteiger partial charge in [0.25, 0.3) is 0 Å². The van der Waals surface area contributed by atoms with Crippen LogP contribution in [0.5, 0.6) is 0 Å². The van der Waals surface area contributed by atoms with Gasteiger partial charge in [-0.25, -0.2) is 9.97 Å². The van der Waals surface area contributed by atoms with Crippen LogP contribution in [-0.2, 0) is 0 Å². The number of aromatic nitrogens is 3. The predicted octanol–water partition coefficient (Wildman–Crippen LogP) is -0.810. The molecule has 3 atom stereocenters. The second kappa shape index (κ2) is 4.86. The van der Waals surface area contributed by atoms with E-state index >= 15 is 0 Å². The fourth-order valence-corrected chi connectivity index (χ4v) is 2.66. The fourth-order valence-electron chi connectivity index (χ4n) is 2.66. The van der Waals surface area contributed by atoms with Crippen molar-refractivity contribution in [3.63, 3.8) is 0 Å². The maximum atomic E-state index is 10.2. The highest BCUT2D eigenvalue weighted by atomic mass is 16.3. The minimum atomic E-state index is -1.12. The van der Waals surface area contributed by atoms with E-state index in [-0.39, 0.29) is 12.4 Å². The Morgan fingerprint density at radius 3 is 2.76 bits per heavy atom. The molecule has 1 aliphatic rings. The van der Waals surface area contributed by atoms with E-state index in [9.17, 15) is 15.3 Å². The molecule has 0 spiro atoms. The Bertz CT molecular complexity index is 774. The molecule has 108 valence electrons. The average Bonchev–Trinajstić information content (AvgIpc) is 2.99. The lowest BCUT2D eigenvalue weighted by Crippen LogP contribution is -2.30. The van der Waals surface area contributed by atoms with E-state index in [4.69, 9.17) is 12.2 Å². The lowest BCUT2D eigenvalue weighted by Gasteiger charge is -2.19. The maximum absolute atomic E-state index is 10.2. The highest BCUT2D eigenvalue weighted by Gasteiger charge is 2.36. The lowest BCUT2D eigenvalue weighted by molar-refractivity contribution is 0.0288. The van der Waals surface area contributed by atoms with Crippen LogP contribution in [0, 0.1) is 12.3 Å². The Morgan fingerprint density at radius 1 is 1.38 bits per heavy atom. The summed E-state index contributed by atoms with van der Waals surface area (Å²) in [5.41, 5.74) is 7.18. The third-order valence-electron chi connectivity index (χ3n) is 3.74. The Balaban J connectivity index is 2.21. The number of nitrogen functional groups attached to an aromatic ring is 1. The molecule has 0 aliphatic heterocycles. The minimum Gasteiger partial charge on any atom is -0.392 e. The molecule has 5 N–H and O–H groups in total. The smallest absolute Gasteiger partial charge is 0.147 e. The van der Waals surface area contributed by atoms with Crippen molar-refractivity contribution in [2.75, 3.05) is 12.3 Å². The van der Waals surface area contributed by atoms with Crippen molar-refractivity contribution < 1.29 is 15.3 Å². The van der Waals surface area contributed by atoms with Gasteiger partial charge in [0.05, 0.1) is 23.6 Å². The third-order valence-corrected chi connectivity index (χ3v) is 3.74. The van der Waals surface area contributed by atoms with E-state index in [0.717, 1.165) is 0 Å². The number of terminal acetylenes is 1. The van der Waals surface area contributed by atoms with Gasteiger partial charge in [-0.3, -0.25) is 0 Å². The lowest BCUT2D eigenvalue weighted by atomic mass is 10.1. The van der Waals surface area contributed by atoms with E-state index in [2.05, 4.69) is 15.9 Å². The molecular formula is C14H14N4O3. The highest BCUT2D eigenvalue weighted by Crippen LogP contribution is 2.34. The zero-order chi connectivity index (χ0) is 15.1. The second-order valence-electron chi connectivity index (χ2n) is 4.88. The first-order valence-corrected chi connectivity index (χ1v) is 6.33. The topological polar surface area (TPSA) is 117 Å². The van der Waals surface area contributed by atoms with E-state index in [0.29, 0.717) is 22.2 Å². The van der Waals surface area contributed by atoms with Gasteiger partial charge in [0, 0.05) is 6.20 Å². The summed E-state index contributed by atoms with van der Waals surface area (Å²) < 4.78 is 1.64. The van der Waals surface area contributed by atoms with Crippen LogP contribution in [0.3, 0.4) is 0 Å². The average molecular weight is 286 g/mol. The zero-order valence-electron chi connectivity index (χ0n) is 11.0. The molecule has 0 bridgehead atoms.